The van der Waals surface area contributed by atoms with Crippen molar-refractivity contribution in [3.8, 4) is 0 Å². The van der Waals surface area contributed by atoms with Crippen molar-refractivity contribution in [1.29, 1.82) is 0 Å². The monoisotopic (exact) mass is 234 g/mol. The lowest BCUT2D eigenvalue weighted by Gasteiger charge is -2.25. The molecule has 0 aromatic rings. The highest BCUT2D eigenvalue weighted by Crippen LogP contribution is 2.44. The average Bonchev–Trinajstić information content (AvgIpc) is 2.71. The number of hydrogen-bond donors (Lipinski definition) is 0. The van der Waals surface area contributed by atoms with Gasteiger partial charge in [0.15, 0.2) is 5.78 Å². The lowest BCUT2D eigenvalue weighted by atomic mass is 9.81. The summed E-state index contributed by atoms with van der Waals surface area (Å²) in [4.78, 5) is 10.4. The Morgan fingerprint density at radius 3 is 2.41 bits per heavy atom. The quantitative estimate of drug-likeness (QED) is 0.500. The van der Waals surface area contributed by atoms with Crippen LogP contribution in [0.2, 0.25) is 0 Å². The first kappa shape index (κ1) is 14.2. The standard InChI is InChI=1S/C10H16.C6H10O/c1-8-6-7-9-4-2-3-5-10(8)9;1-4-6(7)5(2)3/h9-10H,1-7H2;2,4H2,1,3H3. The van der Waals surface area contributed by atoms with E-state index in [1.54, 1.807) is 12.5 Å². The fraction of sp³-hybridized carbons (Fsp3) is 0.688. The topological polar surface area (TPSA) is 17.1 Å². The first-order valence-electron chi connectivity index (χ1n) is 6.92. The van der Waals surface area contributed by atoms with Crippen molar-refractivity contribution in [2.75, 3.05) is 0 Å². The SMILES string of the molecule is C=C(C)C(=O)CC.C=C1CCC2CCCCC12. The predicted octanol–water partition coefficient (Wildman–Crippen LogP) is 4.68. The maximum atomic E-state index is 10.4. The zero-order chi connectivity index (χ0) is 12.8. The molecule has 2 unspecified atom stereocenters. The van der Waals surface area contributed by atoms with Crippen molar-refractivity contribution >= 4 is 5.78 Å². The van der Waals surface area contributed by atoms with E-state index in [1.165, 1.54) is 38.5 Å². The molecule has 2 aliphatic rings. The van der Waals surface area contributed by atoms with Gasteiger partial charge in [-0.3, -0.25) is 4.79 Å². The first-order valence-corrected chi connectivity index (χ1v) is 6.92. The van der Waals surface area contributed by atoms with Crippen LogP contribution in [0.25, 0.3) is 0 Å². The van der Waals surface area contributed by atoms with Crippen LogP contribution in [0.15, 0.2) is 24.3 Å². The number of rotatable bonds is 2. The summed E-state index contributed by atoms with van der Waals surface area (Å²) in [7, 11) is 0. The first-order chi connectivity index (χ1) is 8.06. The molecule has 0 aliphatic heterocycles. The molecule has 0 N–H and O–H groups in total. The summed E-state index contributed by atoms with van der Waals surface area (Å²) in [5.41, 5.74) is 2.22. The Morgan fingerprint density at radius 2 is 1.94 bits per heavy atom. The van der Waals surface area contributed by atoms with Gasteiger partial charge in [0.05, 0.1) is 0 Å². The van der Waals surface area contributed by atoms with Gasteiger partial charge in [0.25, 0.3) is 0 Å². The van der Waals surface area contributed by atoms with Crippen molar-refractivity contribution in [3.05, 3.63) is 24.3 Å². The molecular formula is C16H26O. The van der Waals surface area contributed by atoms with Gasteiger partial charge in [-0.1, -0.05) is 38.5 Å². The number of hydrogen-bond acceptors (Lipinski definition) is 1. The van der Waals surface area contributed by atoms with Crippen molar-refractivity contribution in [3.63, 3.8) is 0 Å². The van der Waals surface area contributed by atoms with E-state index in [4.69, 9.17) is 0 Å². The molecule has 0 bridgehead atoms. The summed E-state index contributed by atoms with van der Waals surface area (Å²) in [6, 6.07) is 0. The summed E-state index contributed by atoms with van der Waals surface area (Å²) in [5.74, 6) is 2.13. The molecular weight excluding hydrogens is 208 g/mol. The van der Waals surface area contributed by atoms with Gasteiger partial charge in [-0.25, -0.2) is 0 Å². The molecule has 0 spiro atoms. The Bertz CT molecular complexity index is 301. The Kier molecular flexibility index (Phi) is 5.67. The zero-order valence-corrected chi connectivity index (χ0v) is 11.4. The van der Waals surface area contributed by atoms with Gasteiger partial charge in [0.2, 0.25) is 0 Å². The minimum Gasteiger partial charge on any atom is -0.295 e. The summed E-state index contributed by atoms with van der Waals surface area (Å²) in [6.07, 6.45) is 9.23. The van der Waals surface area contributed by atoms with Gasteiger partial charge in [-0.05, 0) is 50.0 Å². The molecule has 96 valence electrons. The fourth-order valence-corrected chi connectivity index (χ4v) is 2.95. The Morgan fingerprint density at radius 1 is 1.29 bits per heavy atom. The van der Waals surface area contributed by atoms with E-state index >= 15 is 0 Å². The van der Waals surface area contributed by atoms with Crippen LogP contribution in [0.5, 0.6) is 0 Å². The van der Waals surface area contributed by atoms with Crippen LogP contribution in [0.3, 0.4) is 0 Å². The number of ketones is 1. The zero-order valence-electron chi connectivity index (χ0n) is 11.4. The minimum atomic E-state index is 0.153. The summed E-state index contributed by atoms with van der Waals surface area (Å²) in [6.45, 7) is 11.2. The summed E-state index contributed by atoms with van der Waals surface area (Å²) >= 11 is 0. The second-order valence-corrected chi connectivity index (χ2v) is 5.41. The summed E-state index contributed by atoms with van der Waals surface area (Å²) < 4.78 is 0. The highest BCUT2D eigenvalue weighted by Gasteiger charge is 2.31. The second kappa shape index (κ2) is 6.78. The van der Waals surface area contributed by atoms with Crippen molar-refractivity contribution in [1.82, 2.24) is 0 Å². The molecule has 0 heterocycles. The fourth-order valence-electron chi connectivity index (χ4n) is 2.95. The third-order valence-electron chi connectivity index (χ3n) is 4.07. The lowest BCUT2D eigenvalue weighted by Crippen LogP contribution is -2.13. The van der Waals surface area contributed by atoms with Crippen molar-refractivity contribution in [2.24, 2.45) is 11.8 Å². The third kappa shape index (κ3) is 4.14. The lowest BCUT2D eigenvalue weighted by molar-refractivity contribution is -0.115. The highest BCUT2D eigenvalue weighted by atomic mass is 16.1. The minimum absolute atomic E-state index is 0.153. The van der Waals surface area contributed by atoms with Crippen LogP contribution in [-0.4, -0.2) is 5.78 Å². The Hall–Kier alpha value is -0.850. The average molecular weight is 234 g/mol. The van der Waals surface area contributed by atoms with Crippen LogP contribution < -0.4 is 0 Å². The third-order valence-corrected chi connectivity index (χ3v) is 4.07. The maximum Gasteiger partial charge on any atom is 0.157 e. The van der Waals surface area contributed by atoms with E-state index in [0.717, 1.165) is 11.8 Å². The number of Topliss-reactive ketones (excluding diaryl/α,β-unsaturated/α-hetero) is 1. The van der Waals surface area contributed by atoms with Gasteiger partial charge in [-0.2, -0.15) is 0 Å². The van der Waals surface area contributed by atoms with Gasteiger partial charge in [0.1, 0.15) is 0 Å². The number of carbonyl (C=O) groups is 1. The van der Waals surface area contributed by atoms with Gasteiger partial charge in [0, 0.05) is 6.42 Å². The number of carbonyl (C=O) groups excluding carboxylic acids is 1. The van der Waals surface area contributed by atoms with E-state index in [9.17, 15) is 4.79 Å². The molecule has 0 radical (unpaired) electrons. The second-order valence-electron chi connectivity index (χ2n) is 5.41. The van der Waals surface area contributed by atoms with Crippen LogP contribution in [0.4, 0.5) is 0 Å². The van der Waals surface area contributed by atoms with E-state index in [-0.39, 0.29) is 5.78 Å². The van der Waals surface area contributed by atoms with Gasteiger partial charge >= 0.3 is 0 Å². The normalized spacial score (nSPS) is 26.8. The molecule has 0 saturated heterocycles. The number of fused-ring (bicyclic) bond motifs is 1. The number of allylic oxidation sites excluding steroid dienone is 2. The Labute approximate surface area is 106 Å². The van der Waals surface area contributed by atoms with E-state index < -0.39 is 0 Å². The molecule has 2 saturated carbocycles. The van der Waals surface area contributed by atoms with Crippen molar-refractivity contribution < 1.29 is 4.79 Å². The van der Waals surface area contributed by atoms with E-state index in [1.807, 2.05) is 6.92 Å². The van der Waals surface area contributed by atoms with Gasteiger partial charge < -0.3 is 0 Å². The molecule has 0 aromatic heterocycles. The molecule has 0 amide bonds. The largest absolute Gasteiger partial charge is 0.295 e. The van der Waals surface area contributed by atoms with Crippen LogP contribution in [-0.2, 0) is 4.79 Å². The van der Waals surface area contributed by atoms with E-state index in [0.29, 0.717) is 12.0 Å². The molecule has 2 fully saturated rings. The molecule has 17 heavy (non-hydrogen) atoms. The molecule has 0 aromatic carbocycles. The van der Waals surface area contributed by atoms with Crippen LogP contribution in [0, 0.1) is 11.8 Å². The maximum absolute atomic E-state index is 10.4. The molecule has 1 heteroatoms. The van der Waals surface area contributed by atoms with Crippen LogP contribution in [0.1, 0.15) is 58.8 Å². The smallest absolute Gasteiger partial charge is 0.157 e. The summed E-state index contributed by atoms with van der Waals surface area (Å²) in [5, 5.41) is 0. The van der Waals surface area contributed by atoms with Crippen molar-refractivity contribution in [2.45, 2.75) is 58.8 Å². The van der Waals surface area contributed by atoms with E-state index in [2.05, 4.69) is 13.2 Å². The molecule has 2 atom stereocenters. The van der Waals surface area contributed by atoms with Gasteiger partial charge in [-0.15, -0.1) is 0 Å². The van der Waals surface area contributed by atoms with Crippen LogP contribution >= 0.6 is 0 Å². The molecule has 1 nitrogen and oxygen atoms in total. The molecule has 2 aliphatic carbocycles. The predicted molar refractivity (Wildman–Crippen MR) is 73.9 cm³/mol. The molecule has 2 rings (SSSR count). The Balaban J connectivity index is 0.000000185. The highest BCUT2D eigenvalue weighted by molar-refractivity contribution is 5.93.